The maximum atomic E-state index is 6.32. The van der Waals surface area contributed by atoms with Crippen LogP contribution in [0.25, 0.3) is 0 Å². The van der Waals surface area contributed by atoms with Crippen LogP contribution in [-0.4, -0.2) is 19.3 Å². The average Bonchev–Trinajstić information content (AvgIpc) is 3.26. The fourth-order valence-electron chi connectivity index (χ4n) is 2.24. The monoisotopic (exact) mass is 281 g/mol. The maximum Gasteiger partial charge on any atom is 0.179 e. The number of ether oxygens (including phenoxy) is 2. The van der Waals surface area contributed by atoms with Gasteiger partial charge in [0.25, 0.3) is 0 Å². The van der Waals surface area contributed by atoms with Crippen molar-refractivity contribution in [2.24, 2.45) is 11.7 Å². The van der Waals surface area contributed by atoms with Gasteiger partial charge in [-0.2, -0.15) is 0 Å². The van der Waals surface area contributed by atoms with Crippen LogP contribution in [0.3, 0.4) is 0 Å². The van der Waals surface area contributed by atoms with E-state index in [-0.39, 0.29) is 5.54 Å². The van der Waals surface area contributed by atoms with Crippen molar-refractivity contribution in [3.05, 3.63) is 22.7 Å². The van der Waals surface area contributed by atoms with Gasteiger partial charge >= 0.3 is 0 Å². The summed E-state index contributed by atoms with van der Waals surface area (Å²) in [6.45, 7) is 0.732. The summed E-state index contributed by atoms with van der Waals surface area (Å²) in [5.74, 6) is 2.08. The van der Waals surface area contributed by atoms with Crippen LogP contribution < -0.4 is 15.2 Å². The summed E-state index contributed by atoms with van der Waals surface area (Å²) in [6.07, 6.45) is 5.55. The first-order valence-corrected chi connectivity index (χ1v) is 7.25. The summed E-state index contributed by atoms with van der Waals surface area (Å²) < 4.78 is 11.2. The molecule has 0 aromatic heterocycles. The van der Waals surface area contributed by atoms with Crippen LogP contribution in [0.2, 0.25) is 5.02 Å². The molecule has 1 aromatic carbocycles. The van der Waals surface area contributed by atoms with Crippen LogP contribution in [0.15, 0.2) is 12.1 Å². The molecule has 0 aliphatic heterocycles. The van der Waals surface area contributed by atoms with Crippen LogP contribution in [0.5, 0.6) is 11.5 Å². The van der Waals surface area contributed by atoms with Crippen LogP contribution in [0.1, 0.15) is 31.2 Å². The molecule has 0 spiro atoms. The van der Waals surface area contributed by atoms with Gasteiger partial charge in [-0.1, -0.05) is 11.6 Å². The summed E-state index contributed by atoms with van der Waals surface area (Å²) in [7, 11) is 1.65. The van der Waals surface area contributed by atoms with E-state index in [1.54, 1.807) is 7.11 Å². The summed E-state index contributed by atoms with van der Waals surface area (Å²) in [5, 5.41) is 0.624. The van der Waals surface area contributed by atoms with Crippen LogP contribution >= 0.6 is 11.6 Å². The van der Waals surface area contributed by atoms with Gasteiger partial charge in [0.1, 0.15) is 0 Å². The molecule has 19 heavy (non-hydrogen) atoms. The van der Waals surface area contributed by atoms with E-state index in [0.29, 0.717) is 22.4 Å². The third-order valence-corrected chi connectivity index (χ3v) is 4.18. The fourth-order valence-corrected chi connectivity index (χ4v) is 2.53. The predicted molar refractivity (Wildman–Crippen MR) is 76.1 cm³/mol. The zero-order chi connectivity index (χ0) is 13.5. The number of nitrogens with two attached hydrogens (primary N) is 1. The minimum atomic E-state index is -0.0231. The smallest absolute Gasteiger partial charge is 0.179 e. The second kappa shape index (κ2) is 4.88. The lowest BCUT2D eigenvalue weighted by Crippen LogP contribution is -2.24. The standard InChI is InChI=1S/C15H20ClNO2/c1-18-13-7-11(8-15(17)4-5-15)6-12(16)14(13)19-9-10-2-3-10/h6-7,10H,2-5,8-9,17H2,1H3. The maximum absolute atomic E-state index is 6.32. The Balaban J connectivity index is 1.78. The highest BCUT2D eigenvalue weighted by molar-refractivity contribution is 6.32. The van der Waals surface area contributed by atoms with E-state index < -0.39 is 0 Å². The minimum absolute atomic E-state index is 0.0231. The molecule has 0 bridgehead atoms. The number of halogens is 1. The topological polar surface area (TPSA) is 44.5 Å². The van der Waals surface area contributed by atoms with Gasteiger partial charge < -0.3 is 15.2 Å². The van der Waals surface area contributed by atoms with Crippen LogP contribution in [0.4, 0.5) is 0 Å². The molecule has 104 valence electrons. The van der Waals surface area contributed by atoms with Gasteiger partial charge in [-0.25, -0.2) is 0 Å². The van der Waals surface area contributed by atoms with Gasteiger partial charge in [-0.05, 0) is 55.7 Å². The summed E-state index contributed by atoms with van der Waals surface area (Å²) in [4.78, 5) is 0. The molecule has 0 radical (unpaired) electrons. The molecule has 2 N–H and O–H groups in total. The number of hydrogen-bond donors (Lipinski definition) is 1. The van der Waals surface area contributed by atoms with Gasteiger partial charge in [-0.3, -0.25) is 0 Å². The molecule has 4 heteroatoms. The van der Waals surface area contributed by atoms with E-state index in [1.165, 1.54) is 12.8 Å². The lowest BCUT2D eigenvalue weighted by atomic mass is 10.0. The molecule has 2 fully saturated rings. The van der Waals surface area contributed by atoms with Gasteiger partial charge in [0.15, 0.2) is 11.5 Å². The molecule has 2 aliphatic carbocycles. The molecule has 0 atom stereocenters. The highest BCUT2D eigenvalue weighted by Gasteiger charge is 2.38. The number of benzene rings is 1. The average molecular weight is 282 g/mol. The SMILES string of the molecule is COc1cc(CC2(N)CC2)cc(Cl)c1OCC1CC1. The van der Waals surface area contributed by atoms with E-state index in [9.17, 15) is 0 Å². The number of methoxy groups -OCH3 is 1. The summed E-state index contributed by atoms with van der Waals surface area (Å²) >= 11 is 6.32. The first-order chi connectivity index (χ1) is 9.09. The first kappa shape index (κ1) is 13.1. The molecule has 2 saturated carbocycles. The van der Waals surface area contributed by atoms with Crippen molar-refractivity contribution in [2.45, 2.75) is 37.6 Å². The fraction of sp³-hybridized carbons (Fsp3) is 0.600. The molecule has 3 nitrogen and oxygen atoms in total. The Morgan fingerprint density at radius 2 is 2.11 bits per heavy atom. The Labute approximate surface area is 119 Å². The van der Waals surface area contributed by atoms with Crippen molar-refractivity contribution in [1.82, 2.24) is 0 Å². The lowest BCUT2D eigenvalue weighted by molar-refractivity contribution is 0.280. The zero-order valence-electron chi connectivity index (χ0n) is 11.2. The minimum Gasteiger partial charge on any atom is -0.493 e. The first-order valence-electron chi connectivity index (χ1n) is 6.88. The molecular formula is C15H20ClNO2. The van der Waals surface area contributed by atoms with Crippen molar-refractivity contribution >= 4 is 11.6 Å². The summed E-state index contributed by atoms with van der Waals surface area (Å²) in [5.41, 5.74) is 7.25. The molecular weight excluding hydrogens is 262 g/mol. The van der Waals surface area contributed by atoms with Gasteiger partial charge in [0.2, 0.25) is 0 Å². The molecule has 3 rings (SSSR count). The number of rotatable bonds is 6. The van der Waals surface area contributed by atoms with E-state index in [0.717, 1.165) is 31.4 Å². The van der Waals surface area contributed by atoms with E-state index in [1.807, 2.05) is 12.1 Å². The van der Waals surface area contributed by atoms with Gasteiger partial charge in [0.05, 0.1) is 18.7 Å². The second-order valence-electron chi connectivity index (χ2n) is 5.90. The van der Waals surface area contributed by atoms with Crippen molar-refractivity contribution in [3.63, 3.8) is 0 Å². The Morgan fingerprint density at radius 1 is 1.37 bits per heavy atom. The molecule has 1 aromatic rings. The van der Waals surface area contributed by atoms with E-state index >= 15 is 0 Å². The quantitative estimate of drug-likeness (QED) is 0.871. The van der Waals surface area contributed by atoms with Crippen LogP contribution in [-0.2, 0) is 6.42 Å². The predicted octanol–water partition coefficient (Wildman–Crippen LogP) is 3.17. The van der Waals surface area contributed by atoms with Crippen molar-refractivity contribution < 1.29 is 9.47 Å². The van der Waals surface area contributed by atoms with Crippen molar-refractivity contribution in [1.29, 1.82) is 0 Å². The van der Waals surface area contributed by atoms with E-state index in [2.05, 4.69) is 0 Å². The third-order valence-electron chi connectivity index (χ3n) is 3.90. The number of hydrogen-bond acceptors (Lipinski definition) is 3. The third kappa shape index (κ3) is 3.15. The molecule has 0 amide bonds. The zero-order valence-corrected chi connectivity index (χ0v) is 12.0. The van der Waals surface area contributed by atoms with Crippen molar-refractivity contribution in [3.8, 4) is 11.5 Å². The second-order valence-corrected chi connectivity index (χ2v) is 6.31. The Kier molecular flexibility index (Phi) is 3.35. The Hall–Kier alpha value is -0.930. The van der Waals surface area contributed by atoms with Crippen molar-refractivity contribution in [2.75, 3.05) is 13.7 Å². The lowest BCUT2D eigenvalue weighted by Gasteiger charge is -2.15. The molecule has 0 heterocycles. The summed E-state index contributed by atoms with van der Waals surface area (Å²) in [6, 6.07) is 3.96. The molecule has 0 saturated heterocycles. The highest BCUT2D eigenvalue weighted by Crippen LogP contribution is 2.41. The van der Waals surface area contributed by atoms with Crippen LogP contribution in [0, 0.1) is 5.92 Å². The Bertz CT molecular complexity index is 481. The van der Waals surface area contributed by atoms with E-state index in [4.69, 9.17) is 26.8 Å². The molecule has 0 unspecified atom stereocenters. The highest BCUT2D eigenvalue weighted by atomic mass is 35.5. The van der Waals surface area contributed by atoms with Gasteiger partial charge in [0, 0.05) is 5.54 Å². The molecule has 2 aliphatic rings. The van der Waals surface area contributed by atoms with Gasteiger partial charge in [-0.15, -0.1) is 0 Å². The normalized spacial score (nSPS) is 20.2. The largest absolute Gasteiger partial charge is 0.493 e. The Morgan fingerprint density at radius 3 is 2.68 bits per heavy atom.